The fourth-order valence-electron chi connectivity index (χ4n) is 4.10. The van der Waals surface area contributed by atoms with E-state index in [0.29, 0.717) is 35.0 Å². The molecule has 0 spiro atoms. The van der Waals surface area contributed by atoms with Gasteiger partial charge >= 0.3 is 0 Å². The quantitative estimate of drug-likeness (QED) is 0.330. The number of hydrogen-bond donors (Lipinski definition) is 2. The van der Waals surface area contributed by atoms with Gasteiger partial charge in [-0.25, -0.2) is 9.67 Å². The summed E-state index contributed by atoms with van der Waals surface area (Å²) in [5.41, 5.74) is 4.01. The van der Waals surface area contributed by atoms with E-state index in [9.17, 15) is 9.59 Å². The predicted molar refractivity (Wildman–Crippen MR) is 140 cm³/mol. The molecule has 36 heavy (non-hydrogen) atoms. The molecule has 1 aliphatic carbocycles. The van der Waals surface area contributed by atoms with Crippen molar-refractivity contribution in [2.24, 2.45) is 0 Å². The van der Waals surface area contributed by atoms with Crippen LogP contribution in [0.1, 0.15) is 72.0 Å². The molecule has 2 amide bonds. The number of anilines is 2. The second-order valence-corrected chi connectivity index (χ2v) is 9.23. The van der Waals surface area contributed by atoms with Gasteiger partial charge in [-0.3, -0.25) is 9.59 Å². The van der Waals surface area contributed by atoms with Crippen molar-refractivity contribution in [1.82, 2.24) is 14.8 Å². The van der Waals surface area contributed by atoms with E-state index in [0.717, 1.165) is 35.3 Å². The van der Waals surface area contributed by atoms with Crippen LogP contribution in [0.5, 0.6) is 5.75 Å². The van der Waals surface area contributed by atoms with E-state index >= 15 is 0 Å². The minimum atomic E-state index is -0.233. The first-order chi connectivity index (χ1) is 17.4. The first-order valence-corrected chi connectivity index (χ1v) is 12.3. The number of aromatic nitrogens is 3. The van der Waals surface area contributed by atoms with Crippen molar-refractivity contribution in [2.45, 2.75) is 45.6 Å². The van der Waals surface area contributed by atoms with Gasteiger partial charge in [-0.15, -0.1) is 0 Å². The molecule has 1 fully saturated rings. The fourth-order valence-corrected chi connectivity index (χ4v) is 4.10. The van der Waals surface area contributed by atoms with Crippen LogP contribution in [0.25, 0.3) is 11.0 Å². The lowest BCUT2D eigenvalue weighted by Gasteiger charge is -2.11. The van der Waals surface area contributed by atoms with Crippen LogP contribution < -0.4 is 15.4 Å². The molecule has 0 saturated heterocycles. The van der Waals surface area contributed by atoms with E-state index in [2.05, 4.69) is 15.7 Å². The molecule has 4 aromatic rings. The Labute approximate surface area is 209 Å². The molecule has 0 bridgehead atoms. The maximum atomic E-state index is 13.3. The second kappa shape index (κ2) is 9.81. The molecule has 0 atom stereocenters. The van der Waals surface area contributed by atoms with Gasteiger partial charge in [0.1, 0.15) is 5.75 Å². The number of pyridine rings is 1. The molecule has 2 aromatic heterocycles. The third kappa shape index (κ3) is 4.93. The number of fused-ring (bicyclic) bond motifs is 1. The lowest BCUT2D eigenvalue weighted by molar-refractivity contribution is 0.102. The molecule has 2 N–H and O–H groups in total. The molecule has 1 aliphatic rings. The molecular weight excluding hydrogens is 454 g/mol. The Morgan fingerprint density at radius 3 is 2.25 bits per heavy atom. The molecule has 184 valence electrons. The molecule has 5 rings (SSSR count). The van der Waals surface area contributed by atoms with E-state index in [1.54, 1.807) is 42.6 Å². The average Bonchev–Trinajstić information content (AvgIpc) is 3.63. The number of hydrogen-bond acceptors (Lipinski definition) is 5. The maximum absolute atomic E-state index is 13.3. The summed E-state index contributed by atoms with van der Waals surface area (Å²) in [6.07, 6.45) is 3.90. The maximum Gasteiger partial charge on any atom is 0.256 e. The topological polar surface area (TPSA) is 98.1 Å². The molecule has 1 saturated carbocycles. The van der Waals surface area contributed by atoms with E-state index in [-0.39, 0.29) is 17.9 Å². The zero-order valence-corrected chi connectivity index (χ0v) is 20.6. The Morgan fingerprint density at radius 2 is 1.64 bits per heavy atom. The van der Waals surface area contributed by atoms with E-state index < -0.39 is 0 Å². The highest BCUT2D eigenvalue weighted by molar-refractivity contribution is 6.12. The standard InChI is InChI=1S/C28H29N5O3/c1-4-36-22-13-11-21(12-14-22)30-27(34)19-7-9-20(10-8-19)31-28(35)23-15-25(18-5-6-18)32-26-24(23)16-29-33(26)17(2)3/h7-18H,4-6H2,1-3H3,(H,30,34)(H,31,35). The summed E-state index contributed by atoms with van der Waals surface area (Å²) >= 11 is 0. The summed E-state index contributed by atoms with van der Waals surface area (Å²) in [7, 11) is 0. The number of rotatable bonds is 8. The largest absolute Gasteiger partial charge is 0.494 e. The first-order valence-electron chi connectivity index (χ1n) is 12.3. The number of nitrogens with zero attached hydrogens (tertiary/aromatic N) is 3. The van der Waals surface area contributed by atoms with Gasteiger partial charge in [-0.2, -0.15) is 5.10 Å². The van der Waals surface area contributed by atoms with Crippen molar-refractivity contribution in [2.75, 3.05) is 17.2 Å². The summed E-state index contributed by atoms with van der Waals surface area (Å²) in [6, 6.07) is 16.1. The number of nitrogens with one attached hydrogen (secondary N) is 2. The zero-order valence-electron chi connectivity index (χ0n) is 20.6. The fraction of sp³-hybridized carbons (Fsp3) is 0.286. The Hall–Kier alpha value is -4.20. The van der Waals surface area contributed by atoms with Gasteiger partial charge in [0.25, 0.3) is 11.8 Å². The first kappa shape index (κ1) is 23.5. The summed E-state index contributed by atoms with van der Waals surface area (Å²) in [4.78, 5) is 30.7. The van der Waals surface area contributed by atoms with Crippen molar-refractivity contribution in [3.8, 4) is 5.75 Å². The minimum absolute atomic E-state index is 0.140. The summed E-state index contributed by atoms with van der Waals surface area (Å²) < 4.78 is 7.29. The number of carbonyl (C=O) groups excluding carboxylic acids is 2. The molecule has 8 heteroatoms. The lowest BCUT2D eigenvalue weighted by Crippen LogP contribution is -2.15. The van der Waals surface area contributed by atoms with Crippen LogP contribution in [-0.4, -0.2) is 33.2 Å². The normalized spacial score (nSPS) is 13.1. The van der Waals surface area contributed by atoms with Crippen LogP contribution in [0.3, 0.4) is 0 Å². The predicted octanol–water partition coefficient (Wildman–Crippen LogP) is 5.79. The lowest BCUT2D eigenvalue weighted by atomic mass is 10.1. The van der Waals surface area contributed by atoms with Crippen LogP contribution in [0.4, 0.5) is 11.4 Å². The number of carbonyl (C=O) groups is 2. The highest BCUT2D eigenvalue weighted by Gasteiger charge is 2.28. The number of benzene rings is 2. The van der Waals surface area contributed by atoms with E-state index in [1.165, 1.54) is 0 Å². The van der Waals surface area contributed by atoms with Crippen molar-refractivity contribution >= 4 is 34.2 Å². The average molecular weight is 484 g/mol. The van der Waals surface area contributed by atoms with E-state index in [4.69, 9.17) is 9.72 Å². The van der Waals surface area contributed by atoms with E-state index in [1.807, 2.05) is 43.7 Å². The summed E-state index contributed by atoms with van der Waals surface area (Å²) in [6.45, 7) is 6.60. The second-order valence-electron chi connectivity index (χ2n) is 9.23. The molecule has 0 aliphatic heterocycles. The van der Waals surface area contributed by atoms with Gasteiger partial charge in [-0.05, 0) is 88.2 Å². The SMILES string of the molecule is CCOc1ccc(NC(=O)c2ccc(NC(=O)c3cc(C4CC4)nc4c3cnn4C(C)C)cc2)cc1. The summed E-state index contributed by atoms with van der Waals surface area (Å²) in [5.74, 6) is 0.703. The molecule has 0 radical (unpaired) electrons. The third-order valence-corrected chi connectivity index (χ3v) is 6.14. The van der Waals surface area contributed by atoms with Gasteiger partial charge in [0, 0.05) is 34.6 Å². The highest BCUT2D eigenvalue weighted by atomic mass is 16.5. The number of ether oxygens (including phenoxy) is 1. The smallest absolute Gasteiger partial charge is 0.256 e. The van der Waals surface area contributed by atoms with Crippen molar-refractivity contribution in [3.05, 3.63) is 77.6 Å². The molecule has 0 unspecified atom stereocenters. The van der Waals surface area contributed by atoms with Crippen molar-refractivity contribution in [3.63, 3.8) is 0 Å². The van der Waals surface area contributed by atoms with Crippen LogP contribution in [0.2, 0.25) is 0 Å². The Balaban J connectivity index is 1.31. The van der Waals surface area contributed by atoms with Gasteiger partial charge < -0.3 is 15.4 Å². The van der Waals surface area contributed by atoms with Gasteiger partial charge in [-0.1, -0.05) is 0 Å². The molecule has 2 heterocycles. The summed E-state index contributed by atoms with van der Waals surface area (Å²) in [5, 5.41) is 11.0. The Bertz CT molecular complexity index is 1400. The third-order valence-electron chi connectivity index (χ3n) is 6.14. The Kier molecular flexibility index (Phi) is 6.41. The zero-order chi connectivity index (χ0) is 25.2. The van der Waals surface area contributed by atoms with Gasteiger partial charge in [0.05, 0.1) is 23.8 Å². The molecular formula is C28H29N5O3. The van der Waals surface area contributed by atoms with Gasteiger partial charge in [0.15, 0.2) is 5.65 Å². The highest BCUT2D eigenvalue weighted by Crippen LogP contribution is 2.40. The Morgan fingerprint density at radius 1 is 1.00 bits per heavy atom. The monoisotopic (exact) mass is 483 g/mol. The minimum Gasteiger partial charge on any atom is -0.494 e. The van der Waals surface area contributed by atoms with Crippen LogP contribution in [0, 0.1) is 0 Å². The number of amides is 2. The molecule has 2 aromatic carbocycles. The van der Waals surface area contributed by atoms with Crippen molar-refractivity contribution in [1.29, 1.82) is 0 Å². The molecule has 8 nitrogen and oxygen atoms in total. The van der Waals surface area contributed by atoms with Gasteiger partial charge in [0.2, 0.25) is 0 Å². The van der Waals surface area contributed by atoms with Crippen LogP contribution >= 0.6 is 0 Å². The van der Waals surface area contributed by atoms with Crippen LogP contribution in [0.15, 0.2) is 60.8 Å². The van der Waals surface area contributed by atoms with Crippen LogP contribution in [-0.2, 0) is 0 Å². The van der Waals surface area contributed by atoms with Crippen molar-refractivity contribution < 1.29 is 14.3 Å².